The van der Waals surface area contributed by atoms with Crippen LogP contribution in [0.25, 0.3) is 10.9 Å². The number of carbonyl (C=O) groups excluding carboxylic acids is 1. The number of hydrogen-bond donors (Lipinski definition) is 3. The Morgan fingerprint density at radius 3 is 2.77 bits per heavy atom. The van der Waals surface area contributed by atoms with Gasteiger partial charge in [0.25, 0.3) is 0 Å². The number of alkyl halides is 3. The third-order valence-electron chi connectivity index (χ3n) is 6.33. The van der Waals surface area contributed by atoms with Crippen LogP contribution in [0.4, 0.5) is 29.3 Å². The molecule has 1 aliphatic rings. The fraction of sp³-hybridized carbons (Fsp3) is 0.231. The Morgan fingerprint density at radius 2 is 1.91 bits per heavy atom. The van der Waals surface area contributed by atoms with Crippen LogP contribution in [-0.2, 0) is 19.1 Å². The van der Waals surface area contributed by atoms with E-state index in [1.165, 1.54) is 12.1 Å². The summed E-state index contributed by atoms with van der Waals surface area (Å²) in [6, 6.07) is 18.4. The highest BCUT2D eigenvalue weighted by molar-refractivity contribution is 6.00. The number of hydrogen-bond acceptors (Lipinski definition) is 3. The Labute approximate surface area is 200 Å². The number of urea groups is 1. The second-order valence-corrected chi connectivity index (χ2v) is 8.62. The van der Waals surface area contributed by atoms with Crippen LogP contribution in [0.15, 0.2) is 72.9 Å². The fourth-order valence-electron chi connectivity index (χ4n) is 4.60. The van der Waals surface area contributed by atoms with Gasteiger partial charge in [-0.2, -0.15) is 18.3 Å². The molecule has 0 unspecified atom stereocenters. The summed E-state index contributed by atoms with van der Waals surface area (Å²) < 4.78 is 39.8. The largest absolute Gasteiger partial charge is 0.416 e. The molecule has 5 rings (SSSR count). The molecule has 0 spiro atoms. The van der Waals surface area contributed by atoms with Gasteiger partial charge in [0.1, 0.15) is 0 Å². The van der Waals surface area contributed by atoms with Gasteiger partial charge in [-0.1, -0.05) is 36.4 Å². The van der Waals surface area contributed by atoms with Crippen molar-refractivity contribution in [1.82, 2.24) is 15.5 Å². The Balaban J connectivity index is 1.33. The van der Waals surface area contributed by atoms with Crippen LogP contribution in [-0.4, -0.2) is 28.8 Å². The lowest BCUT2D eigenvalue weighted by Gasteiger charge is -2.39. The minimum absolute atomic E-state index is 0.0742. The number of nitrogens with one attached hydrogen (secondary N) is 3. The van der Waals surface area contributed by atoms with E-state index in [0.717, 1.165) is 41.1 Å². The number of benzene rings is 3. The molecular formula is C26H24F3N5O. The van der Waals surface area contributed by atoms with Gasteiger partial charge in [0.2, 0.25) is 0 Å². The summed E-state index contributed by atoms with van der Waals surface area (Å²) in [5, 5.41) is 13.5. The summed E-state index contributed by atoms with van der Waals surface area (Å²) in [6.07, 6.45) is -1.14. The number of fused-ring (bicyclic) bond motifs is 2. The summed E-state index contributed by atoms with van der Waals surface area (Å²) >= 11 is 0. The molecule has 0 saturated heterocycles. The molecule has 0 saturated carbocycles. The predicted molar refractivity (Wildman–Crippen MR) is 129 cm³/mol. The van der Waals surface area contributed by atoms with Crippen molar-refractivity contribution in [2.24, 2.45) is 0 Å². The van der Waals surface area contributed by atoms with E-state index in [4.69, 9.17) is 0 Å². The number of para-hydroxylation sites is 1. The van der Waals surface area contributed by atoms with Crippen LogP contribution in [0.1, 0.15) is 23.1 Å². The monoisotopic (exact) mass is 479 g/mol. The van der Waals surface area contributed by atoms with Gasteiger partial charge in [-0.3, -0.25) is 5.10 Å². The van der Waals surface area contributed by atoms with E-state index in [2.05, 4.69) is 25.7 Å². The fourth-order valence-corrected chi connectivity index (χ4v) is 4.60. The maximum absolute atomic E-state index is 13.3. The first-order chi connectivity index (χ1) is 16.9. The molecular weight excluding hydrogens is 455 g/mol. The van der Waals surface area contributed by atoms with Crippen molar-refractivity contribution >= 4 is 28.3 Å². The van der Waals surface area contributed by atoms with E-state index in [1.54, 1.807) is 18.3 Å². The Bertz CT molecular complexity index is 1350. The van der Waals surface area contributed by atoms with Crippen LogP contribution in [0.2, 0.25) is 0 Å². The van der Waals surface area contributed by atoms with Gasteiger partial charge in [0.05, 0.1) is 23.0 Å². The number of rotatable bonds is 5. The maximum atomic E-state index is 13.3. The zero-order valence-corrected chi connectivity index (χ0v) is 18.8. The molecule has 35 heavy (non-hydrogen) atoms. The van der Waals surface area contributed by atoms with Crippen molar-refractivity contribution in [3.8, 4) is 0 Å². The normalized spacial score (nSPS) is 15.6. The number of amides is 2. The smallest absolute Gasteiger partial charge is 0.362 e. The minimum atomic E-state index is -4.40. The molecule has 180 valence electrons. The number of aromatic nitrogens is 2. The topological polar surface area (TPSA) is 73.1 Å². The molecule has 1 aliphatic heterocycles. The average molecular weight is 480 g/mol. The summed E-state index contributed by atoms with van der Waals surface area (Å²) in [5.41, 5.74) is 3.49. The molecule has 1 aromatic heterocycles. The van der Waals surface area contributed by atoms with Gasteiger partial charge in [-0.25, -0.2) is 4.79 Å². The SMILES string of the molecule is O=C(NC[C@H]1CCc2ccccc2N1Cc1cccc(C(F)(F)F)c1)Nc1cccc2[nH]ncc12. The zero-order valence-electron chi connectivity index (χ0n) is 18.8. The Hall–Kier alpha value is -4.01. The summed E-state index contributed by atoms with van der Waals surface area (Å²) in [6.45, 7) is 0.656. The maximum Gasteiger partial charge on any atom is 0.416 e. The lowest BCUT2D eigenvalue weighted by Crippen LogP contribution is -2.47. The molecule has 4 aromatic rings. The third kappa shape index (κ3) is 4.94. The van der Waals surface area contributed by atoms with E-state index < -0.39 is 11.7 Å². The van der Waals surface area contributed by atoms with Gasteiger partial charge in [0, 0.05) is 30.2 Å². The molecule has 3 aromatic carbocycles. The number of halogens is 3. The molecule has 2 heterocycles. The molecule has 9 heteroatoms. The zero-order chi connectivity index (χ0) is 24.4. The Morgan fingerprint density at radius 1 is 1.09 bits per heavy atom. The average Bonchev–Trinajstić information content (AvgIpc) is 3.33. The molecule has 3 N–H and O–H groups in total. The Kier molecular flexibility index (Phi) is 6.07. The highest BCUT2D eigenvalue weighted by Crippen LogP contribution is 2.34. The van der Waals surface area contributed by atoms with Gasteiger partial charge in [0.15, 0.2) is 0 Å². The molecule has 6 nitrogen and oxygen atoms in total. The second kappa shape index (κ2) is 9.32. The van der Waals surface area contributed by atoms with Crippen LogP contribution >= 0.6 is 0 Å². The van der Waals surface area contributed by atoms with Crippen molar-refractivity contribution in [3.05, 3.63) is 89.6 Å². The van der Waals surface area contributed by atoms with Crippen LogP contribution in [0, 0.1) is 0 Å². The van der Waals surface area contributed by atoms with E-state index in [-0.39, 0.29) is 12.1 Å². The van der Waals surface area contributed by atoms with E-state index in [1.807, 2.05) is 36.4 Å². The molecule has 2 amide bonds. The van der Waals surface area contributed by atoms with Crippen LogP contribution in [0.3, 0.4) is 0 Å². The van der Waals surface area contributed by atoms with Gasteiger partial charge < -0.3 is 15.5 Å². The second-order valence-electron chi connectivity index (χ2n) is 8.62. The summed E-state index contributed by atoms with van der Waals surface area (Å²) in [7, 11) is 0. The van der Waals surface area contributed by atoms with E-state index in [9.17, 15) is 18.0 Å². The first-order valence-corrected chi connectivity index (χ1v) is 11.4. The third-order valence-corrected chi connectivity index (χ3v) is 6.33. The molecule has 1 atom stereocenters. The van der Waals surface area contributed by atoms with Crippen LogP contribution in [0.5, 0.6) is 0 Å². The number of aromatic amines is 1. The van der Waals surface area contributed by atoms with Crippen molar-refractivity contribution in [1.29, 1.82) is 0 Å². The number of anilines is 2. The van der Waals surface area contributed by atoms with Gasteiger partial charge >= 0.3 is 12.2 Å². The minimum Gasteiger partial charge on any atom is -0.362 e. The van der Waals surface area contributed by atoms with E-state index in [0.29, 0.717) is 24.3 Å². The van der Waals surface area contributed by atoms with Gasteiger partial charge in [-0.15, -0.1) is 0 Å². The highest BCUT2D eigenvalue weighted by atomic mass is 19.4. The van der Waals surface area contributed by atoms with Crippen molar-refractivity contribution in [3.63, 3.8) is 0 Å². The number of carbonyl (C=O) groups is 1. The van der Waals surface area contributed by atoms with Crippen LogP contribution < -0.4 is 15.5 Å². The quantitative estimate of drug-likeness (QED) is 0.343. The lowest BCUT2D eigenvalue weighted by atomic mass is 9.94. The predicted octanol–water partition coefficient (Wildman–Crippen LogP) is 5.72. The number of nitrogens with zero attached hydrogens (tertiary/aromatic N) is 2. The van der Waals surface area contributed by atoms with Gasteiger partial charge in [-0.05, 0) is 54.3 Å². The number of aryl methyl sites for hydroxylation is 1. The molecule has 0 radical (unpaired) electrons. The number of H-pyrrole nitrogens is 1. The lowest BCUT2D eigenvalue weighted by molar-refractivity contribution is -0.137. The van der Waals surface area contributed by atoms with E-state index >= 15 is 0 Å². The highest BCUT2D eigenvalue weighted by Gasteiger charge is 2.31. The van der Waals surface area contributed by atoms with Crippen molar-refractivity contribution < 1.29 is 18.0 Å². The first kappa shape index (κ1) is 22.8. The molecule has 0 aliphatic carbocycles. The van der Waals surface area contributed by atoms with Crippen molar-refractivity contribution in [2.75, 3.05) is 16.8 Å². The standard InChI is InChI=1S/C26H24F3N5O/c27-26(28,29)19-7-3-5-17(13-19)16-34-20(12-11-18-6-1-2-10-24(18)34)14-30-25(35)32-22-8-4-9-23-21(22)15-31-33-23/h1-10,13,15,20H,11-12,14,16H2,(H,31,33)(H2,30,32,35)/t20-/m1/s1. The summed E-state index contributed by atoms with van der Waals surface area (Å²) in [4.78, 5) is 14.8. The molecule has 0 bridgehead atoms. The first-order valence-electron chi connectivity index (χ1n) is 11.4. The molecule has 0 fully saturated rings. The van der Waals surface area contributed by atoms with Crippen molar-refractivity contribution in [2.45, 2.75) is 31.6 Å². The summed E-state index contributed by atoms with van der Waals surface area (Å²) in [5.74, 6) is 0.